The Bertz CT molecular complexity index is 1610. The van der Waals surface area contributed by atoms with Gasteiger partial charge < -0.3 is 14.8 Å². The van der Waals surface area contributed by atoms with Crippen LogP contribution in [0.1, 0.15) is 18.4 Å². The summed E-state index contributed by atoms with van der Waals surface area (Å²) in [5.41, 5.74) is 3.02. The first-order valence-corrected chi connectivity index (χ1v) is 15.9. The van der Waals surface area contributed by atoms with E-state index in [1.54, 1.807) is 37.6 Å². The molecule has 0 unspecified atom stereocenters. The number of pyridine rings is 1. The zero-order valence-electron chi connectivity index (χ0n) is 24.1. The van der Waals surface area contributed by atoms with Crippen molar-refractivity contribution in [1.29, 1.82) is 0 Å². The van der Waals surface area contributed by atoms with Crippen LogP contribution in [0.15, 0.2) is 97.2 Å². The average Bonchev–Trinajstić information content (AvgIpc) is 3.00. The fraction of sp³-hybridized carbons (Fsp3) is 0.250. The topological polar surface area (TPSA) is 113 Å². The highest BCUT2D eigenvalue weighted by Gasteiger charge is 2.29. The maximum absolute atomic E-state index is 13.6. The summed E-state index contributed by atoms with van der Waals surface area (Å²) in [6.07, 6.45) is 4.56. The zero-order chi connectivity index (χ0) is 30.2. The first-order chi connectivity index (χ1) is 20.8. The Balaban J connectivity index is 1.17. The van der Waals surface area contributed by atoms with Gasteiger partial charge in [0.15, 0.2) is 0 Å². The fourth-order valence-corrected chi connectivity index (χ4v) is 5.65. The number of carbonyl (C=O) groups excluding carboxylic acids is 1. The molecule has 1 saturated heterocycles. The van der Waals surface area contributed by atoms with E-state index < -0.39 is 10.0 Å². The number of likely N-dealkylation sites (tertiary alicyclic amines) is 1. The van der Waals surface area contributed by atoms with Gasteiger partial charge in [-0.1, -0.05) is 36.4 Å². The van der Waals surface area contributed by atoms with Gasteiger partial charge in [0.1, 0.15) is 11.5 Å². The Morgan fingerprint density at radius 3 is 2.30 bits per heavy atom. The van der Waals surface area contributed by atoms with Gasteiger partial charge in [-0.2, -0.15) is 0 Å². The molecule has 4 aromatic rings. The van der Waals surface area contributed by atoms with E-state index >= 15 is 0 Å². The van der Waals surface area contributed by atoms with E-state index in [9.17, 15) is 13.2 Å². The van der Waals surface area contributed by atoms with Crippen molar-refractivity contribution < 1.29 is 22.7 Å². The predicted molar refractivity (Wildman–Crippen MR) is 168 cm³/mol. The smallest absolute Gasteiger partial charge is 0.326 e. The minimum Gasteiger partial charge on any atom is -0.495 e. The van der Waals surface area contributed by atoms with Crippen molar-refractivity contribution >= 4 is 33.1 Å². The lowest BCUT2D eigenvalue weighted by Gasteiger charge is -2.38. The van der Waals surface area contributed by atoms with E-state index in [0.29, 0.717) is 28.8 Å². The summed E-state index contributed by atoms with van der Waals surface area (Å²) >= 11 is 0. The first-order valence-electron chi connectivity index (χ1n) is 14.0. The standard InChI is InChI=1S/C32H35N5O5S/c1-41-30-11-7-6-10-29(30)34-32(38)37(26-8-4-3-5-9-26)27-18-20-36(21-19-27)23-24-12-17-31(33-22-24)42-28-15-13-25(14-16-28)35-43(2,39)40/h3-17,22,27,35H,18-21,23H2,1-2H3,(H,34,38). The first kappa shape index (κ1) is 29.9. The number of aromatic nitrogens is 1. The van der Waals surface area contributed by atoms with E-state index in [0.717, 1.165) is 50.0 Å². The predicted octanol–water partition coefficient (Wildman–Crippen LogP) is 5.96. The molecule has 10 nitrogen and oxygen atoms in total. The maximum atomic E-state index is 13.6. The second-order valence-electron chi connectivity index (χ2n) is 10.3. The van der Waals surface area contributed by atoms with Crippen molar-refractivity contribution in [3.8, 4) is 17.4 Å². The van der Waals surface area contributed by atoms with Gasteiger partial charge >= 0.3 is 6.03 Å². The summed E-state index contributed by atoms with van der Waals surface area (Å²) in [6.45, 7) is 2.41. The number of urea groups is 1. The van der Waals surface area contributed by atoms with Gasteiger partial charge in [-0.15, -0.1) is 0 Å². The van der Waals surface area contributed by atoms with Crippen LogP contribution < -0.4 is 24.4 Å². The highest BCUT2D eigenvalue weighted by Crippen LogP contribution is 2.29. The molecule has 2 N–H and O–H groups in total. The fourth-order valence-electron chi connectivity index (χ4n) is 5.09. The van der Waals surface area contributed by atoms with Crippen LogP contribution in [0.3, 0.4) is 0 Å². The summed E-state index contributed by atoms with van der Waals surface area (Å²) in [4.78, 5) is 22.3. The molecule has 11 heteroatoms. The third kappa shape index (κ3) is 8.24. The second kappa shape index (κ2) is 13.6. The van der Waals surface area contributed by atoms with Gasteiger partial charge in [-0.05, 0) is 66.9 Å². The number of methoxy groups -OCH3 is 1. The molecule has 0 aliphatic carbocycles. The van der Waals surface area contributed by atoms with E-state index in [1.807, 2.05) is 71.6 Å². The Morgan fingerprint density at radius 1 is 0.953 bits per heavy atom. The van der Waals surface area contributed by atoms with Crippen molar-refractivity contribution in [1.82, 2.24) is 9.88 Å². The monoisotopic (exact) mass is 601 g/mol. The Kier molecular flexibility index (Phi) is 9.43. The number of rotatable bonds is 10. The van der Waals surface area contributed by atoms with Crippen molar-refractivity contribution in [2.75, 3.05) is 41.4 Å². The molecule has 0 saturated carbocycles. The normalized spacial score (nSPS) is 14.1. The van der Waals surface area contributed by atoms with Crippen LogP contribution in [0.4, 0.5) is 21.9 Å². The van der Waals surface area contributed by atoms with Gasteiger partial charge in [0, 0.05) is 49.3 Å². The SMILES string of the molecule is COc1ccccc1NC(=O)N(c1ccccc1)C1CCN(Cc2ccc(Oc3ccc(NS(C)(=O)=O)cc3)nc2)CC1. The Hall–Kier alpha value is -4.61. The summed E-state index contributed by atoms with van der Waals surface area (Å²) in [5.74, 6) is 1.62. The number of para-hydroxylation sites is 3. The molecule has 224 valence electrons. The third-order valence-corrected chi connectivity index (χ3v) is 7.71. The number of anilines is 3. The maximum Gasteiger partial charge on any atom is 0.326 e. The highest BCUT2D eigenvalue weighted by atomic mass is 32.2. The number of sulfonamides is 1. The largest absolute Gasteiger partial charge is 0.495 e. The summed E-state index contributed by atoms with van der Waals surface area (Å²) in [6, 6.07) is 27.5. The van der Waals surface area contributed by atoms with Gasteiger partial charge in [-0.25, -0.2) is 18.2 Å². The summed E-state index contributed by atoms with van der Waals surface area (Å²) in [5, 5.41) is 3.04. The average molecular weight is 602 g/mol. The highest BCUT2D eigenvalue weighted by molar-refractivity contribution is 7.92. The minimum atomic E-state index is -3.34. The molecule has 5 rings (SSSR count). The molecule has 2 heterocycles. The van der Waals surface area contributed by atoms with E-state index in [2.05, 4.69) is 19.9 Å². The van der Waals surface area contributed by atoms with E-state index in [-0.39, 0.29) is 12.1 Å². The van der Waals surface area contributed by atoms with E-state index in [4.69, 9.17) is 9.47 Å². The van der Waals surface area contributed by atoms with Crippen LogP contribution in [-0.4, -0.2) is 56.8 Å². The lowest BCUT2D eigenvalue weighted by molar-refractivity contribution is 0.199. The number of hydrogen-bond acceptors (Lipinski definition) is 7. The molecule has 0 atom stereocenters. The van der Waals surface area contributed by atoms with Gasteiger partial charge in [0.25, 0.3) is 0 Å². The van der Waals surface area contributed by atoms with Crippen LogP contribution in [0, 0.1) is 0 Å². The summed E-state index contributed by atoms with van der Waals surface area (Å²) < 4.78 is 36.4. The number of nitrogens with one attached hydrogen (secondary N) is 2. The molecule has 3 aromatic carbocycles. The zero-order valence-corrected chi connectivity index (χ0v) is 25.0. The molecule has 1 aromatic heterocycles. The van der Waals surface area contributed by atoms with Crippen molar-refractivity contribution in [3.05, 3.63) is 103 Å². The van der Waals surface area contributed by atoms with Crippen molar-refractivity contribution in [2.45, 2.75) is 25.4 Å². The number of ether oxygens (including phenoxy) is 2. The quantitative estimate of drug-likeness (QED) is 0.231. The Labute approximate surface area is 252 Å². The van der Waals surface area contributed by atoms with Gasteiger partial charge in [0.2, 0.25) is 15.9 Å². The molecule has 0 spiro atoms. The lowest BCUT2D eigenvalue weighted by Crippen LogP contribution is -2.49. The molecular formula is C32H35N5O5S. The van der Waals surface area contributed by atoms with Gasteiger partial charge in [-0.3, -0.25) is 14.5 Å². The van der Waals surface area contributed by atoms with Crippen LogP contribution in [0.25, 0.3) is 0 Å². The third-order valence-electron chi connectivity index (χ3n) is 7.11. The Morgan fingerprint density at radius 2 is 1.65 bits per heavy atom. The van der Waals surface area contributed by atoms with E-state index in [1.165, 1.54) is 0 Å². The molecule has 1 fully saturated rings. The molecule has 0 radical (unpaired) electrons. The molecule has 43 heavy (non-hydrogen) atoms. The number of carbonyl (C=O) groups is 1. The molecule has 1 aliphatic heterocycles. The van der Waals surface area contributed by atoms with Crippen molar-refractivity contribution in [3.63, 3.8) is 0 Å². The van der Waals surface area contributed by atoms with Crippen LogP contribution >= 0.6 is 0 Å². The second-order valence-corrected chi connectivity index (χ2v) is 12.1. The van der Waals surface area contributed by atoms with Crippen molar-refractivity contribution in [2.24, 2.45) is 0 Å². The number of piperidine rings is 1. The lowest BCUT2D eigenvalue weighted by atomic mass is 10.0. The molecule has 0 bridgehead atoms. The summed E-state index contributed by atoms with van der Waals surface area (Å²) in [7, 11) is -1.75. The molecule has 1 aliphatic rings. The number of hydrogen-bond donors (Lipinski definition) is 2. The minimum absolute atomic E-state index is 0.0429. The molecular weight excluding hydrogens is 566 g/mol. The number of nitrogens with zero attached hydrogens (tertiary/aromatic N) is 3. The van der Waals surface area contributed by atoms with Crippen LogP contribution in [0.5, 0.6) is 17.4 Å². The number of benzene rings is 3. The van der Waals surface area contributed by atoms with Gasteiger partial charge in [0.05, 0.1) is 19.1 Å². The van der Waals surface area contributed by atoms with Crippen LogP contribution in [0.2, 0.25) is 0 Å². The van der Waals surface area contributed by atoms with Crippen LogP contribution in [-0.2, 0) is 16.6 Å². The number of amides is 2. The molecule has 2 amide bonds.